The maximum Gasteiger partial charge on any atom is 0.410 e. The van der Waals surface area contributed by atoms with Gasteiger partial charge in [-0.25, -0.2) is 9.48 Å². The Morgan fingerprint density at radius 1 is 1.13 bits per heavy atom. The number of para-hydroxylation sites is 1. The first-order valence-corrected chi connectivity index (χ1v) is 10.9. The zero-order valence-electron chi connectivity index (χ0n) is 19.5. The van der Waals surface area contributed by atoms with Crippen LogP contribution in [0, 0.1) is 19.8 Å². The number of hydrogen-bond donors (Lipinski definition) is 0. The number of rotatable bonds is 4. The predicted molar refractivity (Wildman–Crippen MR) is 120 cm³/mol. The quantitative estimate of drug-likeness (QED) is 0.738. The van der Waals surface area contributed by atoms with Gasteiger partial charge in [-0.15, -0.1) is 0 Å². The highest BCUT2D eigenvalue weighted by Gasteiger charge is 2.31. The van der Waals surface area contributed by atoms with Crippen LogP contribution in [0.4, 0.5) is 4.79 Å². The zero-order chi connectivity index (χ0) is 22.8. The fourth-order valence-electron chi connectivity index (χ4n) is 3.99. The second kappa shape index (κ2) is 9.12. The van der Waals surface area contributed by atoms with Crippen molar-refractivity contribution in [3.63, 3.8) is 0 Å². The summed E-state index contributed by atoms with van der Waals surface area (Å²) in [5, 5.41) is 4.68. The molecule has 0 unspecified atom stereocenters. The summed E-state index contributed by atoms with van der Waals surface area (Å²) < 4.78 is 7.38. The van der Waals surface area contributed by atoms with Crippen LogP contribution in [0.5, 0.6) is 0 Å². The van der Waals surface area contributed by atoms with Crippen molar-refractivity contribution in [2.24, 2.45) is 5.92 Å². The van der Waals surface area contributed by atoms with E-state index >= 15 is 0 Å². The smallest absolute Gasteiger partial charge is 0.410 e. The Labute approximate surface area is 185 Å². The predicted octanol–water partition coefficient (Wildman–Crippen LogP) is 4.09. The lowest BCUT2D eigenvalue weighted by Crippen LogP contribution is -2.45. The van der Waals surface area contributed by atoms with Crippen LogP contribution in [-0.4, -0.2) is 57.3 Å². The number of likely N-dealkylation sites (tertiary alicyclic amines) is 1. The number of benzene rings is 1. The molecule has 7 heteroatoms. The highest BCUT2D eigenvalue weighted by atomic mass is 16.6. The van der Waals surface area contributed by atoms with Gasteiger partial charge in [-0.3, -0.25) is 4.79 Å². The van der Waals surface area contributed by atoms with E-state index in [4.69, 9.17) is 4.74 Å². The number of carbonyl (C=O) groups excluding carboxylic acids is 2. The minimum Gasteiger partial charge on any atom is -0.444 e. The summed E-state index contributed by atoms with van der Waals surface area (Å²) in [6.45, 7) is 11.2. The lowest BCUT2D eigenvalue weighted by Gasteiger charge is -2.34. The average molecular weight is 427 g/mol. The third kappa shape index (κ3) is 5.46. The minimum atomic E-state index is -0.510. The van der Waals surface area contributed by atoms with Crippen molar-refractivity contribution in [3.05, 3.63) is 47.3 Å². The summed E-state index contributed by atoms with van der Waals surface area (Å²) in [5.41, 5.74) is 3.55. The number of hydrogen-bond acceptors (Lipinski definition) is 4. The molecule has 2 heterocycles. The molecule has 0 radical (unpaired) electrons. The van der Waals surface area contributed by atoms with Gasteiger partial charge in [-0.05, 0) is 59.6 Å². The first kappa shape index (κ1) is 22.8. The molecule has 3 rings (SSSR count). The van der Waals surface area contributed by atoms with Crippen LogP contribution >= 0.6 is 0 Å². The number of aromatic nitrogens is 2. The van der Waals surface area contributed by atoms with Gasteiger partial charge in [0.2, 0.25) is 5.91 Å². The molecule has 1 saturated heterocycles. The van der Waals surface area contributed by atoms with Gasteiger partial charge in [0.25, 0.3) is 0 Å². The monoisotopic (exact) mass is 426 g/mol. The van der Waals surface area contributed by atoms with E-state index in [2.05, 4.69) is 5.10 Å². The normalized spacial score (nSPS) is 15.1. The van der Waals surface area contributed by atoms with Crippen LogP contribution in [0.3, 0.4) is 0 Å². The van der Waals surface area contributed by atoms with Gasteiger partial charge in [0.1, 0.15) is 5.60 Å². The van der Waals surface area contributed by atoms with Gasteiger partial charge in [-0.2, -0.15) is 5.10 Å². The largest absolute Gasteiger partial charge is 0.444 e. The van der Waals surface area contributed by atoms with E-state index in [1.807, 2.05) is 76.7 Å². The SMILES string of the molecule is Cc1nn(-c2ccccc2)c(C)c1CN(C)C(=O)C1CCN(C(=O)OC(C)(C)C)CC1. The first-order valence-electron chi connectivity index (χ1n) is 10.9. The molecule has 1 fully saturated rings. The fourth-order valence-corrected chi connectivity index (χ4v) is 3.99. The van der Waals surface area contributed by atoms with E-state index < -0.39 is 5.60 Å². The van der Waals surface area contributed by atoms with E-state index in [1.54, 1.807) is 9.80 Å². The Kier molecular flexibility index (Phi) is 6.72. The zero-order valence-corrected chi connectivity index (χ0v) is 19.5. The van der Waals surface area contributed by atoms with Gasteiger partial charge < -0.3 is 14.5 Å². The lowest BCUT2D eigenvalue weighted by molar-refractivity contribution is -0.136. The van der Waals surface area contributed by atoms with Crippen molar-refractivity contribution in [1.82, 2.24) is 19.6 Å². The summed E-state index contributed by atoms with van der Waals surface area (Å²) >= 11 is 0. The number of ether oxygens (including phenoxy) is 1. The van der Waals surface area contributed by atoms with Gasteiger partial charge in [0, 0.05) is 43.9 Å². The van der Waals surface area contributed by atoms with Gasteiger partial charge >= 0.3 is 6.09 Å². The Balaban J connectivity index is 1.61. The summed E-state index contributed by atoms with van der Waals surface area (Å²) in [4.78, 5) is 28.8. The number of carbonyl (C=O) groups is 2. The molecule has 0 saturated carbocycles. The molecule has 7 nitrogen and oxygen atoms in total. The Bertz CT molecular complexity index is 922. The standard InChI is InChI=1S/C24H34N4O3/c1-17-21(18(2)28(25-17)20-10-8-7-9-11-20)16-26(6)22(29)19-12-14-27(15-13-19)23(30)31-24(3,4)5/h7-11,19H,12-16H2,1-6H3. The Morgan fingerprint density at radius 3 is 2.32 bits per heavy atom. The lowest BCUT2D eigenvalue weighted by atomic mass is 9.95. The molecule has 2 aromatic rings. The van der Waals surface area contributed by atoms with Crippen molar-refractivity contribution in [2.75, 3.05) is 20.1 Å². The van der Waals surface area contributed by atoms with Crippen LogP contribution in [-0.2, 0) is 16.1 Å². The molecule has 0 N–H and O–H groups in total. The fraction of sp³-hybridized carbons (Fsp3) is 0.542. The van der Waals surface area contributed by atoms with Crippen molar-refractivity contribution < 1.29 is 14.3 Å². The van der Waals surface area contributed by atoms with Crippen molar-refractivity contribution in [2.45, 2.75) is 59.6 Å². The molecular weight excluding hydrogens is 392 g/mol. The maximum atomic E-state index is 13.1. The molecule has 1 aliphatic rings. The molecule has 2 amide bonds. The van der Waals surface area contributed by atoms with E-state index in [1.165, 1.54) is 0 Å². The molecule has 0 spiro atoms. The number of amides is 2. The summed E-state index contributed by atoms with van der Waals surface area (Å²) in [7, 11) is 1.85. The Hall–Kier alpha value is -2.83. The van der Waals surface area contributed by atoms with Crippen molar-refractivity contribution in [1.29, 1.82) is 0 Å². The molecule has 1 aromatic carbocycles. The molecule has 0 atom stereocenters. The van der Waals surface area contributed by atoms with Crippen LogP contribution in [0.15, 0.2) is 30.3 Å². The molecule has 0 bridgehead atoms. The molecule has 0 aliphatic carbocycles. The number of nitrogens with zero attached hydrogens (tertiary/aromatic N) is 4. The van der Waals surface area contributed by atoms with Crippen molar-refractivity contribution in [3.8, 4) is 5.69 Å². The van der Waals surface area contributed by atoms with Gasteiger partial charge in [0.15, 0.2) is 0 Å². The van der Waals surface area contributed by atoms with E-state index in [0.717, 1.165) is 22.6 Å². The third-order valence-corrected chi connectivity index (χ3v) is 5.71. The molecule has 1 aliphatic heterocycles. The van der Waals surface area contributed by atoms with Gasteiger partial charge in [0.05, 0.1) is 11.4 Å². The van der Waals surface area contributed by atoms with Crippen molar-refractivity contribution >= 4 is 12.0 Å². The summed E-state index contributed by atoms with van der Waals surface area (Å²) in [5.74, 6) is 0.0450. The maximum absolute atomic E-state index is 13.1. The third-order valence-electron chi connectivity index (χ3n) is 5.71. The van der Waals surface area contributed by atoms with Crippen LogP contribution in [0.2, 0.25) is 0 Å². The minimum absolute atomic E-state index is 0.0755. The van der Waals surface area contributed by atoms with E-state index in [0.29, 0.717) is 32.5 Å². The highest BCUT2D eigenvalue weighted by molar-refractivity contribution is 5.79. The summed E-state index contributed by atoms with van der Waals surface area (Å²) in [6, 6.07) is 10.0. The highest BCUT2D eigenvalue weighted by Crippen LogP contribution is 2.24. The number of aryl methyl sites for hydroxylation is 1. The van der Waals surface area contributed by atoms with Crippen LogP contribution < -0.4 is 0 Å². The molecule has 168 valence electrons. The van der Waals surface area contributed by atoms with E-state index in [-0.39, 0.29) is 17.9 Å². The summed E-state index contributed by atoms with van der Waals surface area (Å²) in [6.07, 6.45) is 1.01. The molecular formula is C24H34N4O3. The average Bonchev–Trinajstić information content (AvgIpc) is 3.01. The van der Waals surface area contributed by atoms with Gasteiger partial charge in [-0.1, -0.05) is 18.2 Å². The molecule has 31 heavy (non-hydrogen) atoms. The van der Waals surface area contributed by atoms with Crippen LogP contribution in [0.25, 0.3) is 5.69 Å². The second-order valence-corrected chi connectivity index (χ2v) is 9.33. The molecule has 1 aromatic heterocycles. The van der Waals surface area contributed by atoms with Crippen LogP contribution in [0.1, 0.15) is 50.6 Å². The first-order chi connectivity index (χ1) is 14.6. The Morgan fingerprint density at radius 2 is 1.74 bits per heavy atom. The second-order valence-electron chi connectivity index (χ2n) is 9.33. The topological polar surface area (TPSA) is 67.7 Å². The number of piperidine rings is 1. The van der Waals surface area contributed by atoms with E-state index in [9.17, 15) is 9.59 Å².